The van der Waals surface area contributed by atoms with E-state index < -0.39 is 17.0 Å². The molecule has 1 fully saturated rings. The van der Waals surface area contributed by atoms with Crippen LogP contribution in [0.1, 0.15) is 24.8 Å². The molecule has 2 rings (SSSR count). The van der Waals surface area contributed by atoms with E-state index in [2.05, 4.69) is 5.32 Å². The molecular weight excluding hydrogens is 250 g/mol. The van der Waals surface area contributed by atoms with Crippen molar-refractivity contribution < 1.29 is 13.6 Å². The van der Waals surface area contributed by atoms with E-state index in [4.69, 9.17) is 5.26 Å². The van der Waals surface area contributed by atoms with Gasteiger partial charge >= 0.3 is 0 Å². The summed E-state index contributed by atoms with van der Waals surface area (Å²) < 4.78 is 26.3. The molecule has 0 aliphatic heterocycles. The van der Waals surface area contributed by atoms with Crippen LogP contribution in [0.4, 0.5) is 8.78 Å². The van der Waals surface area contributed by atoms with Crippen molar-refractivity contribution in [2.24, 2.45) is 5.41 Å². The maximum atomic E-state index is 13.3. The zero-order chi connectivity index (χ0) is 13.9. The van der Waals surface area contributed by atoms with E-state index >= 15 is 0 Å². The van der Waals surface area contributed by atoms with Gasteiger partial charge in [0.1, 0.15) is 17.0 Å². The van der Waals surface area contributed by atoms with Crippen LogP contribution in [0.25, 0.3) is 0 Å². The van der Waals surface area contributed by atoms with Crippen LogP contribution in [0, 0.1) is 28.4 Å². The molecule has 0 radical (unpaired) electrons. The Morgan fingerprint density at radius 3 is 2.74 bits per heavy atom. The summed E-state index contributed by atoms with van der Waals surface area (Å²) in [4.78, 5) is 11.8. The highest BCUT2D eigenvalue weighted by molar-refractivity contribution is 5.86. The molecule has 0 saturated heterocycles. The predicted octanol–water partition coefficient (Wildman–Crippen LogP) is 2.32. The van der Waals surface area contributed by atoms with Crippen molar-refractivity contribution in [3.63, 3.8) is 0 Å². The van der Waals surface area contributed by atoms with Crippen molar-refractivity contribution >= 4 is 5.91 Å². The Balaban J connectivity index is 1.89. The van der Waals surface area contributed by atoms with E-state index in [1.165, 1.54) is 0 Å². The predicted molar refractivity (Wildman–Crippen MR) is 65.0 cm³/mol. The van der Waals surface area contributed by atoms with Crippen LogP contribution in [0.5, 0.6) is 0 Å². The van der Waals surface area contributed by atoms with E-state index in [0.29, 0.717) is 12.8 Å². The molecule has 1 aromatic rings. The van der Waals surface area contributed by atoms with Crippen LogP contribution in [-0.2, 0) is 11.2 Å². The molecule has 0 spiro atoms. The summed E-state index contributed by atoms with van der Waals surface area (Å²) in [5.41, 5.74) is -0.680. The molecule has 3 nitrogen and oxygen atoms in total. The first-order chi connectivity index (χ1) is 9.07. The van der Waals surface area contributed by atoms with E-state index in [0.717, 1.165) is 24.6 Å². The summed E-state index contributed by atoms with van der Waals surface area (Å²) in [6, 6.07) is 5.27. The summed E-state index contributed by atoms with van der Waals surface area (Å²) >= 11 is 0. The Morgan fingerprint density at radius 1 is 1.42 bits per heavy atom. The molecule has 1 aromatic carbocycles. The molecule has 0 bridgehead atoms. The molecule has 5 heteroatoms. The number of halogens is 2. The summed E-state index contributed by atoms with van der Waals surface area (Å²) in [5.74, 6) is -1.30. The van der Waals surface area contributed by atoms with Gasteiger partial charge in [0.25, 0.3) is 0 Å². The molecule has 0 unspecified atom stereocenters. The molecule has 1 aliphatic carbocycles. The quantitative estimate of drug-likeness (QED) is 0.907. The van der Waals surface area contributed by atoms with Gasteiger partial charge in [-0.25, -0.2) is 8.78 Å². The molecule has 100 valence electrons. The van der Waals surface area contributed by atoms with E-state index in [-0.39, 0.29) is 24.4 Å². The summed E-state index contributed by atoms with van der Waals surface area (Å²) in [6.45, 7) is 0.197. The lowest BCUT2D eigenvalue weighted by Crippen LogP contribution is -2.45. The Hall–Kier alpha value is -1.96. The molecule has 1 amide bonds. The number of hydrogen-bond donors (Lipinski definition) is 1. The topological polar surface area (TPSA) is 52.9 Å². The molecule has 1 N–H and O–H groups in total. The van der Waals surface area contributed by atoms with Gasteiger partial charge in [0.15, 0.2) is 0 Å². The van der Waals surface area contributed by atoms with Gasteiger partial charge in [0, 0.05) is 6.54 Å². The average molecular weight is 264 g/mol. The number of rotatable bonds is 4. The van der Waals surface area contributed by atoms with Gasteiger partial charge in [0.2, 0.25) is 5.91 Å². The fourth-order valence-corrected chi connectivity index (χ4v) is 2.13. The third kappa shape index (κ3) is 2.73. The van der Waals surface area contributed by atoms with Crippen molar-refractivity contribution in [3.05, 3.63) is 35.4 Å². The number of carbonyl (C=O) groups excluding carboxylic acids is 1. The third-order valence-corrected chi connectivity index (χ3v) is 3.54. The number of nitrogens with one attached hydrogen (secondary N) is 1. The van der Waals surface area contributed by atoms with Gasteiger partial charge in [-0.2, -0.15) is 5.26 Å². The lowest BCUT2D eigenvalue weighted by molar-refractivity contribution is -0.131. The monoisotopic (exact) mass is 264 g/mol. The van der Waals surface area contributed by atoms with E-state index in [1.54, 1.807) is 0 Å². The molecule has 0 aromatic heterocycles. The molecule has 1 aliphatic rings. The first-order valence-corrected chi connectivity index (χ1v) is 6.21. The standard InChI is InChI=1S/C14H14F2N2O/c15-11-2-3-12(16)10(8-11)4-7-18-13(19)14(9-17)5-1-6-14/h2-3,8H,1,4-7H2,(H,18,19). The highest BCUT2D eigenvalue weighted by Crippen LogP contribution is 2.40. The van der Waals surface area contributed by atoms with Gasteiger partial charge in [-0.05, 0) is 49.4 Å². The smallest absolute Gasteiger partial charge is 0.240 e. The fourth-order valence-electron chi connectivity index (χ4n) is 2.13. The van der Waals surface area contributed by atoms with Crippen LogP contribution < -0.4 is 5.32 Å². The zero-order valence-corrected chi connectivity index (χ0v) is 10.4. The second kappa shape index (κ2) is 5.35. The third-order valence-electron chi connectivity index (χ3n) is 3.54. The Bertz CT molecular complexity index is 533. The number of nitriles is 1. The fraction of sp³-hybridized carbons (Fsp3) is 0.429. The number of benzene rings is 1. The maximum absolute atomic E-state index is 13.3. The van der Waals surface area contributed by atoms with Crippen LogP contribution >= 0.6 is 0 Å². The summed E-state index contributed by atoms with van der Waals surface area (Å²) in [6.07, 6.45) is 2.23. The summed E-state index contributed by atoms with van der Waals surface area (Å²) in [5, 5.41) is 11.6. The molecule has 1 saturated carbocycles. The summed E-state index contributed by atoms with van der Waals surface area (Å²) in [7, 11) is 0. The largest absolute Gasteiger partial charge is 0.354 e. The number of amides is 1. The van der Waals surface area contributed by atoms with Gasteiger partial charge < -0.3 is 5.32 Å². The first kappa shape index (κ1) is 13.5. The maximum Gasteiger partial charge on any atom is 0.240 e. The Labute approximate surface area is 110 Å². The van der Waals surface area contributed by atoms with Crippen molar-refractivity contribution in [1.29, 1.82) is 5.26 Å². The van der Waals surface area contributed by atoms with Crippen LogP contribution in [0.15, 0.2) is 18.2 Å². The lowest BCUT2D eigenvalue weighted by Gasteiger charge is -2.33. The minimum absolute atomic E-state index is 0.197. The minimum atomic E-state index is -0.902. The van der Waals surface area contributed by atoms with Gasteiger partial charge in [0.05, 0.1) is 6.07 Å². The van der Waals surface area contributed by atoms with Crippen LogP contribution in [-0.4, -0.2) is 12.5 Å². The van der Waals surface area contributed by atoms with Crippen molar-refractivity contribution in [1.82, 2.24) is 5.32 Å². The zero-order valence-electron chi connectivity index (χ0n) is 10.4. The SMILES string of the molecule is N#CC1(C(=O)NCCc2cc(F)ccc2F)CCC1. The Morgan fingerprint density at radius 2 is 2.16 bits per heavy atom. The highest BCUT2D eigenvalue weighted by Gasteiger charge is 2.44. The first-order valence-electron chi connectivity index (χ1n) is 6.21. The van der Waals surface area contributed by atoms with Crippen LogP contribution in [0.3, 0.4) is 0 Å². The second-order valence-electron chi connectivity index (χ2n) is 4.79. The van der Waals surface area contributed by atoms with Crippen molar-refractivity contribution in [2.45, 2.75) is 25.7 Å². The highest BCUT2D eigenvalue weighted by atomic mass is 19.1. The van der Waals surface area contributed by atoms with Gasteiger partial charge in [-0.3, -0.25) is 4.79 Å². The van der Waals surface area contributed by atoms with Crippen molar-refractivity contribution in [3.8, 4) is 6.07 Å². The van der Waals surface area contributed by atoms with Crippen LogP contribution in [0.2, 0.25) is 0 Å². The molecular formula is C14H14F2N2O. The van der Waals surface area contributed by atoms with Crippen molar-refractivity contribution in [2.75, 3.05) is 6.54 Å². The average Bonchev–Trinajstić information content (AvgIpc) is 2.33. The number of hydrogen-bond acceptors (Lipinski definition) is 2. The van der Waals surface area contributed by atoms with Gasteiger partial charge in [-0.15, -0.1) is 0 Å². The minimum Gasteiger partial charge on any atom is -0.354 e. The normalized spacial score (nSPS) is 16.3. The molecule has 19 heavy (non-hydrogen) atoms. The van der Waals surface area contributed by atoms with E-state index in [1.807, 2.05) is 6.07 Å². The lowest BCUT2D eigenvalue weighted by atomic mass is 9.69. The molecule has 0 atom stereocenters. The second-order valence-corrected chi connectivity index (χ2v) is 4.79. The molecule has 0 heterocycles. The number of carbonyl (C=O) groups is 1. The van der Waals surface area contributed by atoms with Gasteiger partial charge in [-0.1, -0.05) is 0 Å². The van der Waals surface area contributed by atoms with E-state index in [9.17, 15) is 13.6 Å². The Kier molecular flexibility index (Phi) is 3.79. The number of nitrogens with zero attached hydrogens (tertiary/aromatic N) is 1.